The summed E-state index contributed by atoms with van der Waals surface area (Å²) in [6.07, 6.45) is 2.59. The first-order chi connectivity index (χ1) is 10.7. The SMILES string of the molecule is C=C/C(=C\CCC(O)NC1N=NNN1)C(=O)Nc1nn[nH]n1. The highest BCUT2D eigenvalue weighted by atomic mass is 16.3. The lowest BCUT2D eigenvalue weighted by Crippen LogP contribution is -2.46. The second-order valence-electron chi connectivity index (χ2n) is 4.19. The number of nitrogens with zero attached hydrogens (tertiary/aromatic N) is 5. The molecule has 12 heteroatoms. The number of carbonyl (C=O) groups excluding carboxylic acids is 1. The van der Waals surface area contributed by atoms with Crippen LogP contribution in [0.1, 0.15) is 12.8 Å². The maximum atomic E-state index is 11.9. The number of aliphatic hydroxyl groups excluding tert-OH is 1. The molecule has 0 bridgehead atoms. The summed E-state index contributed by atoms with van der Waals surface area (Å²) in [6, 6.07) is 0. The van der Waals surface area contributed by atoms with E-state index in [4.69, 9.17) is 0 Å². The molecule has 2 rings (SSSR count). The second-order valence-corrected chi connectivity index (χ2v) is 4.19. The van der Waals surface area contributed by atoms with E-state index in [2.05, 4.69) is 59.1 Å². The molecule has 0 radical (unpaired) electrons. The zero-order valence-corrected chi connectivity index (χ0v) is 11.5. The number of hydrogen-bond acceptors (Lipinski definition) is 10. The number of aromatic amines is 1. The largest absolute Gasteiger partial charge is 0.379 e. The highest BCUT2D eigenvalue weighted by Gasteiger charge is 2.14. The number of aromatic nitrogens is 4. The molecule has 118 valence electrons. The van der Waals surface area contributed by atoms with Gasteiger partial charge in [0.15, 0.2) is 6.29 Å². The zero-order valence-electron chi connectivity index (χ0n) is 11.5. The van der Waals surface area contributed by atoms with Gasteiger partial charge in [-0.3, -0.25) is 15.4 Å². The van der Waals surface area contributed by atoms with Crippen LogP contribution in [-0.2, 0) is 4.79 Å². The van der Waals surface area contributed by atoms with E-state index in [-0.39, 0.29) is 5.95 Å². The van der Waals surface area contributed by atoms with E-state index in [0.29, 0.717) is 18.4 Å². The van der Waals surface area contributed by atoms with Gasteiger partial charge in [-0.15, -0.1) is 10.2 Å². The molecule has 0 saturated heterocycles. The van der Waals surface area contributed by atoms with Crippen LogP contribution in [0.3, 0.4) is 0 Å². The molecule has 0 aliphatic carbocycles. The standard InChI is InChI=1S/C10H16N10O2/c1-2-6(8(22)12-10-15-19-20-16-10)4-3-5-7(21)11-9-13-17-18-14-9/h2,4,7,9,11,21H,1,3,5H2,(H,13,18)(H,14,17)(H2,12,15,16,19,20,22)/b6-4+. The van der Waals surface area contributed by atoms with Crippen molar-refractivity contribution in [3.05, 3.63) is 24.3 Å². The van der Waals surface area contributed by atoms with Gasteiger partial charge in [-0.1, -0.05) is 29.1 Å². The third kappa shape index (κ3) is 4.69. The summed E-state index contributed by atoms with van der Waals surface area (Å²) in [5, 5.41) is 35.0. The number of H-pyrrole nitrogens is 1. The topological polar surface area (TPSA) is 165 Å². The summed E-state index contributed by atoms with van der Waals surface area (Å²) in [5.74, 6) is -0.334. The number of hydrazine groups is 1. The molecule has 1 aromatic rings. The van der Waals surface area contributed by atoms with Crippen LogP contribution in [0, 0.1) is 0 Å². The van der Waals surface area contributed by atoms with Crippen LogP contribution in [0.2, 0.25) is 0 Å². The van der Waals surface area contributed by atoms with E-state index in [1.807, 2.05) is 0 Å². The minimum atomic E-state index is -0.807. The molecule has 1 aromatic heterocycles. The third-order valence-electron chi connectivity index (χ3n) is 2.63. The van der Waals surface area contributed by atoms with Gasteiger partial charge in [0.1, 0.15) is 6.23 Å². The normalized spacial score (nSPS) is 18.8. The number of nitrogens with one attached hydrogen (secondary N) is 5. The first-order valence-electron chi connectivity index (χ1n) is 6.41. The Kier molecular flexibility index (Phi) is 5.65. The Balaban J connectivity index is 1.77. The van der Waals surface area contributed by atoms with E-state index < -0.39 is 18.4 Å². The first-order valence-corrected chi connectivity index (χ1v) is 6.41. The van der Waals surface area contributed by atoms with Crippen molar-refractivity contribution in [2.75, 3.05) is 5.32 Å². The molecule has 6 N–H and O–H groups in total. The van der Waals surface area contributed by atoms with Gasteiger partial charge in [0, 0.05) is 5.57 Å². The Hall–Kier alpha value is -2.70. The van der Waals surface area contributed by atoms with E-state index in [1.165, 1.54) is 6.08 Å². The number of anilines is 1. The number of carbonyl (C=O) groups is 1. The van der Waals surface area contributed by atoms with Crippen molar-refractivity contribution >= 4 is 11.9 Å². The van der Waals surface area contributed by atoms with Gasteiger partial charge < -0.3 is 5.11 Å². The highest BCUT2D eigenvalue weighted by Crippen LogP contribution is 2.06. The Morgan fingerprint density at radius 1 is 1.55 bits per heavy atom. The van der Waals surface area contributed by atoms with Crippen molar-refractivity contribution in [3.63, 3.8) is 0 Å². The first kappa shape index (κ1) is 15.7. The maximum Gasteiger partial charge on any atom is 0.270 e. The van der Waals surface area contributed by atoms with Crippen LogP contribution < -0.4 is 21.6 Å². The molecular weight excluding hydrogens is 292 g/mol. The summed E-state index contributed by atoms with van der Waals surface area (Å²) in [5.41, 5.74) is 5.45. The number of rotatable bonds is 8. The number of aliphatic hydroxyl groups is 1. The lowest BCUT2D eigenvalue weighted by Gasteiger charge is -2.14. The van der Waals surface area contributed by atoms with E-state index in [0.717, 1.165) is 0 Å². The Morgan fingerprint density at radius 3 is 3.05 bits per heavy atom. The van der Waals surface area contributed by atoms with Crippen LogP contribution in [0.25, 0.3) is 0 Å². The van der Waals surface area contributed by atoms with E-state index in [1.54, 1.807) is 6.08 Å². The van der Waals surface area contributed by atoms with E-state index >= 15 is 0 Å². The molecule has 12 nitrogen and oxygen atoms in total. The summed E-state index contributed by atoms with van der Waals surface area (Å²) in [4.78, 5) is 11.9. The van der Waals surface area contributed by atoms with Crippen LogP contribution >= 0.6 is 0 Å². The molecule has 22 heavy (non-hydrogen) atoms. The van der Waals surface area contributed by atoms with Crippen LogP contribution in [0.15, 0.2) is 34.6 Å². The van der Waals surface area contributed by atoms with Crippen LogP contribution in [0.4, 0.5) is 5.95 Å². The van der Waals surface area contributed by atoms with Gasteiger partial charge >= 0.3 is 0 Å². The number of allylic oxidation sites excluding steroid dienone is 1. The van der Waals surface area contributed by atoms with Gasteiger partial charge in [-0.25, -0.2) is 5.53 Å². The maximum absolute atomic E-state index is 11.9. The van der Waals surface area contributed by atoms with E-state index in [9.17, 15) is 9.90 Å². The molecule has 0 fully saturated rings. The van der Waals surface area contributed by atoms with Gasteiger partial charge in [-0.2, -0.15) is 10.6 Å². The van der Waals surface area contributed by atoms with Crippen LogP contribution in [-0.4, -0.2) is 44.2 Å². The fourth-order valence-corrected chi connectivity index (χ4v) is 1.60. The molecule has 1 aliphatic heterocycles. The molecule has 2 unspecified atom stereocenters. The zero-order chi connectivity index (χ0) is 15.8. The van der Waals surface area contributed by atoms with Crippen molar-refractivity contribution in [1.82, 2.24) is 36.9 Å². The predicted molar refractivity (Wildman–Crippen MR) is 74.4 cm³/mol. The van der Waals surface area contributed by atoms with Crippen molar-refractivity contribution in [2.45, 2.75) is 25.4 Å². The molecular formula is C10H16N10O2. The van der Waals surface area contributed by atoms with Gasteiger partial charge in [-0.05, 0) is 18.1 Å². The average molecular weight is 308 g/mol. The van der Waals surface area contributed by atoms with Crippen molar-refractivity contribution < 1.29 is 9.90 Å². The third-order valence-corrected chi connectivity index (χ3v) is 2.63. The van der Waals surface area contributed by atoms with Crippen molar-refractivity contribution in [3.8, 4) is 0 Å². The monoisotopic (exact) mass is 308 g/mol. The summed E-state index contributed by atoms with van der Waals surface area (Å²) >= 11 is 0. The van der Waals surface area contributed by atoms with Crippen molar-refractivity contribution in [2.24, 2.45) is 10.3 Å². The fraction of sp³-hybridized carbons (Fsp3) is 0.400. The smallest absolute Gasteiger partial charge is 0.270 e. The number of hydrogen-bond donors (Lipinski definition) is 6. The minimum Gasteiger partial charge on any atom is -0.379 e. The fourth-order valence-electron chi connectivity index (χ4n) is 1.60. The molecule has 0 saturated carbocycles. The van der Waals surface area contributed by atoms with Gasteiger partial charge in [0.05, 0.1) is 0 Å². The molecule has 1 amide bonds. The Labute approximate surface area is 125 Å². The number of amides is 1. The Morgan fingerprint density at radius 2 is 2.41 bits per heavy atom. The molecule has 2 heterocycles. The molecule has 2 atom stereocenters. The highest BCUT2D eigenvalue weighted by molar-refractivity contribution is 6.04. The number of tetrazole rings is 1. The lowest BCUT2D eigenvalue weighted by atomic mass is 10.1. The predicted octanol–water partition coefficient (Wildman–Crippen LogP) is -1.30. The lowest BCUT2D eigenvalue weighted by molar-refractivity contribution is -0.112. The van der Waals surface area contributed by atoms with Crippen LogP contribution in [0.5, 0.6) is 0 Å². The summed E-state index contributed by atoms with van der Waals surface area (Å²) in [7, 11) is 0. The quantitative estimate of drug-likeness (QED) is 0.196. The molecule has 1 aliphatic rings. The second kappa shape index (κ2) is 7.92. The minimum absolute atomic E-state index is 0.0737. The summed E-state index contributed by atoms with van der Waals surface area (Å²) < 4.78 is 0. The van der Waals surface area contributed by atoms with Crippen molar-refractivity contribution in [1.29, 1.82) is 0 Å². The summed E-state index contributed by atoms with van der Waals surface area (Å²) in [6.45, 7) is 3.58. The molecule has 0 aromatic carbocycles. The van der Waals surface area contributed by atoms with Gasteiger partial charge in [0.25, 0.3) is 11.9 Å². The molecule has 0 spiro atoms. The van der Waals surface area contributed by atoms with Gasteiger partial charge in [0.2, 0.25) is 0 Å². The Bertz CT molecular complexity index is 554. The average Bonchev–Trinajstić information content (AvgIpc) is 3.17.